The first-order valence-electron chi connectivity index (χ1n) is 7.56. The molecule has 1 aliphatic rings. The molecule has 1 atom stereocenters. The van der Waals surface area contributed by atoms with E-state index in [4.69, 9.17) is 0 Å². The molecule has 112 valence electrons. The molecule has 2 heterocycles. The van der Waals surface area contributed by atoms with E-state index < -0.39 is 0 Å². The monoisotopic (exact) mass is 286 g/mol. The molecule has 5 nitrogen and oxygen atoms in total. The standard InChI is InChI=1S/C16H22N4O/c1-12-18-14-7-3-4-8-15(14)20(12)11-16(21)19-9-5-6-13(10-19)17-2/h3-4,7-8,13,17H,5-6,9-11H2,1-2H3. The second kappa shape index (κ2) is 5.85. The summed E-state index contributed by atoms with van der Waals surface area (Å²) in [7, 11) is 1.96. The molecule has 0 bridgehead atoms. The van der Waals surface area contributed by atoms with Crippen molar-refractivity contribution in [2.45, 2.75) is 32.4 Å². The summed E-state index contributed by atoms with van der Waals surface area (Å²) < 4.78 is 2.01. The highest BCUT2D eigenvalue weighted by atomic mass is 16.2. The Balaban J connectivity index is 1.78. The summed E-state index contributed by atoms with van der Waals surface area (Å²) >= 11 is 0. The minimum Gasteiger partial charge on any atom is -0.340 e. The van der Waals surface area contributed by atoms with Gasteiger partial charge in [0.25, 0.3) is 0 Å². The van der Waals surface area contributed by atoms with Gasteiger partial charge in [0.2, 0.25) is 5.91 Å². The summed E-state index contributed by atoms with van der Waals surface area (Å²) in [5.41, 5.74) is 1.99. The Kier molecular flexibility index (Phi) is 3.92. The van der Waals surface area contributed by atoms with Gasteiger partial charge >= 0.3 is 0 Å². The van der Waals surface area contributed by atoms with Crippen LogP contribution < -0.4 is 5.32 Å². The third-order valence-electron chi connectivity index (χ3n) is 4.32. The van der Waals surface area contributed by atoms with Gasteiger partial charge in [0.15, 0.2) is 0 Å². The fraction of sp³-hybridized carbons (Fsp3) is 0.500. The highest BCUT2D eigenvalue weighted by Crippen LogP contribution is 2.17. The number of likely N-dealkylation sites (tertiary alicyclic amines) is 1. The first-order valence-corrected chi connectivity index (χ1v) is 7.56. The molecule has 1 aromatic heterocycles. The van der Waals surface area contributed by atoms with Gasteiger partial charge < -0.3 is 14.8 Å². The van der Waals surface area contributed by atoms with Crippen LogP contribution in [0.5, 0.6) is 0 Å². The molecule has 21 heavy (non-hydrogen) atoms. The minimum absolute atomic E-state index is 0.182. The Bertz CT molecular complexity index is 649. The van der Waals surface area contributed by atoms with Crippen molar-refractivity contribution >= 4 is 16.9 Å². The van der Waals surface area contributed by atoms with Gasteiger partial charge in [0.1, 0.15) is 12.4 Å². The summed E-state index contributed by atoms with van der Waals surface area (Å²) in [4.78, 5) is 19.1. The first kappa shape index (κ1) is 14.1. The maximum Gasteiger partial charge on any atom is 0.242 e. The van der Waals surface area contributed by atoms with E-state index >= 15 is 0 Å². The van der Waals surface area contributed by atoms with E-state index in [2.05, 4.69) is 10.3 Å². The molecule has 0 aliphatic carbocycles. The zero-order valence-corrected chi connectivity index (χ0v) is 12.7. The van der Waals surface area contributed by atoms with Crippen LogP contribution in [-0.4, -0.2) is 46.5 Å². The van der Waals surface area contributed by atoms with Crippen LogP contribution >= 0.6 is 0 Å². The summed E-state index contributed by atoms with van der Waals surface area (Å²) in [5.74, 6) is 1.08. The minimum atomic E-state index is 0.182. The SMILES string of the molecule is CNC1CCCN(C(=O)Cn2c(C)nc3ccccc32)C1. The van der Waals surface area contributed by atoms with E-state index in [1.807, 2.05) is 47.7 Å². The number of rotatable bonds is 3. The largest absolute Gasteiger partial charge is 0.340 e. The van der Waals surface area contributed by atoms with E-state index in [1.165, 1.54) is 0 Å². The molecule has 1 saturated heterocycles. The zero-order valence-electron chi connectivity index (χ0n) is 12.7. The molecule has 0 spiro atoms. The number of hydrogen-bond donors (Lipinski definition) is 1. The molecular weight excluding hydrogens is 264 g/mol. The van der Waals surface area contributed by atoms with Crippen LogP contribution in [0.1, 0.15) is 18.7 Å². The van der Waals surface area contributed by atoms with Gasteiger partial charge in [0.05, 0.1) is 11.0 Å². The van der Waals surface area contributed by atoms with Crippen LogP contribution in [0.3, 0.4) is 0 Å². The van der Waals surface area contributed by atoms with Gasteiger partial charge in [-0.2, -0.15) is 0 Å². The van der Waals surface area contributed by atoms with Gasteiger partial charge in [-0.25, -0.2) is 4.98 Å². The second-order valence-electron chi connectivity index (χ2n) is 5.70. The number of carbonyl (C=O) groups excluding carboxylic acids is 1. The van der Waals surface area contributed by atoms with Gasteiger partial charge in [-0.1, -0.05) is 12.1 Å². The lowest BCUT2D eigenvalue weighted by Crippen LogP contribution is -2.47. The number of nitrogens with zero attached hydrogens (tertiary/aromatic N) is 3. The number of benzene rings is 1. The topological polar surface area (TPSA) is 50.2 Å². The molecule has 0 radical (unpaired) electrons. The number of carbonyl (C=O) groups is 1. The summed E-state index contributed by atoms with van der Waals surface area (Å²) in [6, 6.07) is 8.39. The predicted molar refractivity (Wildman–Crippen MR) is 83.1 cm³/mol. The molecule has 0 saturated carbocycles. The maximum atomic E-state index is 12.6. The fourth-order valence-electron chi connectivity index (χ4n) is 3.07. The van der Waals surface area contributed by atoms with Crippen molar-refractivity contribution in [2.75, 3.05) is 20.1 Å². The van der Waals surface area contributed by atoms with Crippen LogP contribution in [0.4, 0.5) is 0 Å². The summed E-state index contributed by atoms with van der Waals surface area (Å²) in [6.07, 6.45) is 2.22. The molecule has 1 unspecified atom stereocenters. The van der Waals surface area contributed by atoms with Crippen LogP contribution in [0.2, 0.25) is 0 Å². The number of aryl methyl sites for hydroxylation is 1. The Morgan fingerprint density at radius 2 is 2.24 bits per heavy atom. The Morgan fingerprint density at radius 3 is 3.05 bits per heavy atom. The number of likely N-dealkylation sites (N-methyl/N-ethyl adjacent to an activating group) is 1. The van der Waals surface area contributed by atoms with Crippen molar-refractivity contribution < 1.29 is 4.79 Å². The van der Waals surface area contributed by atoms with Crippen LogP contribution in [-0.2, 0) is 11.3 Å². The van der Waals surface area contributed by atoms with Crippen molar-refractivity contribution in [3.63, 3.8) is 0 Å². The average molecular weight is 286 g/mol. The van der Waals surface area contributed by atoms with Crippen molar-refractivity contribution in [1.82, 2.24) is 19.8 Å². The molecule has 1 fully saturated rings. The predicted octanol–water partition coefficient (Wildman–Crippen LogP) is 1.56. The molecule has 1 amide bonds. The number of fused-ring (bicyclic) bond motifs is 1. The average Bonchev–Trinajstić information content (AvgIpc) is 2.83. The quantitative estimate of drug-likeness (QED) is 0.931. The number of amides is 1. The number of imidazole rings is 1. The van der Waals surface area contributed by atoms with Gasteiger partial charge in [0, 0.05) is 19.1 Å². The molecule has 1 aromatic carbocycles. The smallest absolute Gasteiger partial charge is 0.242 e. The van der Waals surface area contributed by atoms with E-state index in [0.29, 0.717) is 12.6 Å². The highest BCUT2D eigenvalue weighted by molar-refractivity contribution is 5.81. The highest BCUT2D eigenvalue weighted by Gasteiger charge is 2.23. The van der Waals surface area contributed by atoms with E-state index in [0.717, 1.165) is 42.8 Å². The van der Waals surface area contributed by atoms with Crippen molar-refractivity contribution in [3.8, 4) is 0 Å². The van der Waals surface area contributed by atoms with E-state index in [1.54, 1.807) is 0 Å². The van der Waals surface area contributed by atoms with E-state index in [9.17, 15) is 4.79 Å². The number of hydrogen-bond acceptors (Lipinski definition) is 3. The van der Waals surface area contributed by atoms with Gasteiger partial charge in [-0.15, -0.1) is 0 Å². The zero-order chi connectivity index (χ0) is 14.8. The van der Waals surface area contributed by atoms with Crippen molar-refractivity contribution in [2.24, 2.45) is 0 Å². The maximum absolute atomic E-state index is 12.6. The summed E-state index contributed by atoms with van der Waals surface area (Å²) in [6.45, 7) is 4.01. The first-order chi connectivity index (χ1) is 10.2. The normalized spacial score (nSPS) is 19.1. The number of para-hydroxylation sites is 2. The Labute approximate surface area is 125 Å². The molecule has 2 aromatic rings. The molecule has 1 aliphatic heterocycles. The lowest BCUT2D eigenvalue weighted by molar-refractivity contribution is -0.133. The fourth-order valence-corrected chi connectivity index (χ4v) is 3.07. The van der Waals surface area contributed by atoms with Crippen LogP contribution in [0.15, 0.2) is 24.3 Å². The van der Waals surface area contributed by atoms with Gasteiger partial charge in [-0.3, -0.25) is 4.79 Å². The molecule has 3 rings (SSSR count). The van der Waals surface area contributed by atoms with Crippen molar-refractivity contribution in [3.05, 3.63) is 30.1 Å². The third kappa shape index (κ3) is 2.78. The molecule has 5 heteroatoms. The third-order valence-corrected chi connectivity index (χ3v) is 4.32. The Hall–Kier alpha value is -1.88. The number of nitrogens with one attached hydrogen (secondary N) is 1. The van der Waals surface area contributed by atoms with E-state index in [-0.39, 0.29) is 5.91 Å². The second-order valence-corrected chi connectivity index (χ2v) is 5.70. The van der Waals surface area contributed by atoms with Crippen LogP contribution in [0.25, 0.3) is 11.0 Å². The summed E-state index contributed by atoms with van der Waals surface area (Å²) in [5, 5.41) is 3.28. The van der Waals surface area contributed by atoms with Crippen LogP contribution in [0, 0.1) is 6.92 Å². The molecular formula is C16H22N4O. The number of piperidine rings is 1. The lowest BCUT2D eigenvalue weighted by atomic mass is 10.1. The lowest BCUT2D eigenvalue weighted by Gasteiger charge is -2.32. The van der Waals surface area contributed by atoms with Gasteiger partial charge in [-0.05, 0) is 38.9 Å². The number of aromatic nitrogens is 2. The van der Waals surface area contributed by atoms with Crippen molar-refractivity contribution in [1.29, 1.82) is 0 Å². The Morgan fingerprint density at radius 1 is 1.43 bits per heavy atom. The molecule has 1 N–H and O–H groups in total.